The molecule has 0 spiro atoms. The van der Waals surface area contributed by atoms with Crippen molar-refractivity contribution >= 4 is 23.9 Å². The van der Waals surface area contributed by atoms with Crippen LogP contribution in [0, 0.1) is 5.41 Å². The average molecular weight is 330 g/mol. The third kappa shape index (κ3) is 6.99. The van der Waals surface area contributed by atoms with Crippen LogP contribution in [0.3, 0.4) is 0 Å². The Morgan fingerprint density at radius 2 is 1.58 bits per heavy atom. The van der Waals surface area contributed by atoms with Gasteiger partial charge in [-0.3, -0.25) is 0 Å². The first-order valence-corrected chi connectivity index (χ1v) is 8.92. The highest BCUT2D eigenvalue weighted by atomic mass is 16.4. The SMILES string of the molecule is CCCCCN(CCCCC)c1ccc(/C=C(\C=N)C(=O)O)cc1. The molecule has 0 saturated heterocycles. The van der Waals surface area contributed by atoms with Crippen molar-refractivity contribution in [3.8, 4) is 0 Å². The van der Waals surface area contributed by atoms with Gasteiger partial charge < -0.3 is 15.4 Å². The van der Waals surface area contributed by atoms with Gasteiger partial charge in [0.2, 0.25) is 0 Å². The molecule has 1 rings (SSSR count). The van der Waals surface area contributed by atoms with Gasteiger partial charge in [0.1, 0.15) is 0 Å². The van der Waals surface area contributed by atoms with Gasteiger partial charge in [0.25, 0.3) is 0 Å². The molecule has 0 aliphatic carbocycles. The number of carboxylic acid groups (broad SMARTS) is 1. The van der Waals surface area contributed by atoms with E-state index in [9.17, 15) is 4.79 Å². The second kappa shape index (κ2) is 11.4. The highest BCUT2D eigenvalue weighted by Gasteiger charge is 2.07. The molecule has 1 aromatic carbocycles. The zero-order valence-electron chi connectivity index (χ0n) is 14.9. The molecule has 0 saturated carbocycles. The molecule has 1 aromatic rings. The predicted octanol–water partition coefficient (Wildman–Crippen LogP) is 4.99. The van der Waals surface area contributed by atoms with Crippen molar-refractivity contribution in [1.29, 1.82) is 5.41 Å². The number of hydrogen-bond acceptors (Lipinski definition) is 3. The van der Waals surface area contributed by atoms with E-state index in [1.807, 2.05) is 24.3 Å². The molecule has 2 N–H and O–H groups in total. The van der Waals surface area contributed by atoms with Crippen molar-refractivity contribution in [2.75, 3.05) is 18.0 Å². The van der Waals surface area contributed by atoms with Crippen LogP contribution in [0.25, 0.3) is 6.08 Å². The number of benzene rings is 1. The van der Waals surface area contributed by atoms with E-state index in [0.29, 0.717) is 0 Å². The molecule has 24 heavy (non-hydrogen) atoms. The summed E-state index contributed by atoms with van der Waals surface area (Å²) in [6, 6.07) is 7.95. The van der Waals surface area contributed by atoms with Crippen LogP contribution in [0.1, 0.15) is 57.9 Å². The van der Waals surface area contributed by atoms with Crippen molar-refractivity contribution in [2.24, 2.45) is 0 Å². The number of nitrogens with zero attached hydrogens (tertiary/aromatic N) is 1. The molecule has 132 valence electrons. The summed E-state index contributed by atoms with van der Waals surface area (Å²) in [4.78, 5) is 13.4. The van der Waals surface area contributed by atoms with Crippen LogP contribution in [0.15, 0.2) is 29.8 Å². The number of aliphatic carboxylic acids is 1. The van der Waals surface area contributed by atoms with Crippen molar-refractivity contribution in [2.45, 2.75) is 52.4 Å². The van der Waals surface area contributed by atoms with E-state index >= 15 is 0 Å². The van der Waals surface area contributed by atoms with Gasteiger partial charge in [0.15, 0.2) is 0 Å². The molecule has 0 heterocycles. The Kier molecular flexibility index (Phi) is 9.51. The lowest BCUT2D eigenvalue weighted by Gasteiger charge is -2.25. The van der Waals surface area contributed by atoms with Crippen LogP contribution in [-0.4, -0.2) is 30.4 Å². The predicted molar refractivity (Wildman–Crippen MR) is 102 cm³/mol. The van der Waals surface area contributed by atoms with Crippen LogP contribution >= 0.6 is 0 Å². The molecule has 0 amide bonds. The number of hydrogen-bond donors (Lipinski definition) is 2. The van der Waals surface area contributed by atoms with Gasteiger partial charge in [-0.25, -0.2) is 4.79 Å². The number of rotatable bonds is 12. The molecular formula is C20H30N2O2. The highest BCUT2D eigenvalue weighted by molar-refractivity contribution is 6.11. The molecule has 0 bridgehead atoms. The van der Waals surface area contributed by atoms with Crippen LogP contribution in [0.2, 0.25) is 0 Å². The normalized spacial score (nSPS) is 11.3. The number of carboxylic acids is 1. The van der Waals surface area contributed by atoms with E-state index < -0.39 is 5.97 Å². The third-order valence-electron chi connectivity index (χ3n) is 4.05. The molecule has 4 heteroatoms. The Labute approximate surface area is 145 Å². The largest absolute Gasteiger partial charge is 0.478 e. The fourth-order valence-corrected chi connectivity index (χ4v) is 2.60. The second-order valence-corrected chi connectivity index (χ2v) is 6.04. The van der Waals surface area contributed by atoms with E-state index in [1.54, 1.807) is 0 Å². The summed E-state index contributed by atoms with van der Waals surface area (Å²) in [5.74, 6) is -1.07. The van der Waals surface area contributed by atoms with Gasteiger partial charge in [0, 0.05) is 25.0 Å². The summed E-state index contributed by atoms with van der Waals surface area (Å²) in [5.41, 5.74) is 1.98. The standard InChI is InChI=1S/C20H30N2O2/c1-3-5-7-13-22(14-8-6-4-2)19-11-9-17(10-12-19)15-18(16-21)20(23)24/h9-12,15-16,21H,3-8,13-14H2,1-2H3,(H,23,24)/b18-15+,21-16?. The van der Waals surface area contributed by atoms with E-state index in [0.717, 1.165) is 24.9 Å². The lowest BCUT2D eigenvalue weighted by atomic mass is 10.1. The number of unbranched alkanes of at least 4 members (excludes halogenated alkanes) is 4. The fourth-order valence-electron chi connectivity index (χ4n) is 2.60. The second-order valence-electron chi connectivity index (χ2n) is 6.04. The molecule has 0 aromatic heterocycles. The van der Waals surface area contributed by atoms with Gasteiger partial charge in [-0.05, 0) is 36.6 Å². The molecule has 0 unspecified atom stereocenters. The molecular weight excluding hydrogens is 300 g/mol. The molecule has 0 radical (unpaired) electrons. The molecule has 0 fully saturated rings. The molecule has 4 nitrogen and oxygen atoms in total. The minimum absolute atomic E-state index is 0.00880. The zero-order chi connectivity index (χ0) is 17.8. The summed E-state index contributed by atoms with van der Waals surface area (Å²) in [6.45, 7) is 6.55. The first-order chi connectivity index (χ1) is 11.6. The van der Waals surface area contributed by atoms with Gasteiger partial charge in [-0.15, -0.1) is 0 Å². The number of nitrogens with one attached hydrogen (secondary N) is 1. The van der Waals surface area contributed by atoms with E-state index in [2.05, 4.69) is 18.7 Å². The summed E-state index contributed by atoms with van der Waals surface area (Å²) in [7, 11) is 0. The van der Waals surface area contributed by atoms with Gasteiger partial charge in [0.05, 0.1) is 5.57 Å². The Morgan fingerprint density at radius 1 is 1.04 bits per heavy atom. The minimum atomic E-state index is -1.07. The van der Waals surface area contributed by atoms with Crippen molar-refractivity contribution < 1.29 is 9.90 Å². The fraction of sp³-hybridized carbons (Fsp3) is 0.500. The van der Waals surface area contributed by atoms with Crippen molar-refractivity contribution in [1.82, 2.24) is 0 Å². The van der Waals surface area contributed by atoms with E-state index in [1.165, 1.54) is 50.3 Å². The smallest absolute Gasteiger partial charge is 0.337 e. The topological polar surface area (TPSA) is 64.4 Å². The third-order valence-corrected chi connectivity index (χ3v) is 4.05. The van der Waals surface area contributed by atoms with E-state index in [4.69, 9.17) is 10.5 Å². The number of anilines is 1. The lowest BCUT2D eigenvalue weighted by molar-refractivity contribution is -0.131. The van der Waals surface area contributed by atoms with Crippen molar-refractivity contribution in [3.63, 3.8) is 0 Å². The van der Waals surface area contributed by atoms with E-state index in [-0.39, 0.29) is 5.57 Å². The maximum Gasteiger partial charge on any atom is 0.337 e. The maximum atomic E-state index is 11.0. The Hall–Kier alpha value is -2.10. The van der Waals surface area contributed by atoms with Crippen LogP contribution in [0.4, 0.5) is 5.69 Å². The molecule has 0 atom stereocenters. The maximum absolute atomic E-state index is 11.0. The van der Waals surface area contributed by atoms with Crippen LogP contribution < -0.4 is 4.90 Å². The zero-order valence-corrected chi connectivity index (χ0v) is 14.9. The van der Waals surface area contributed by atoms with Gasteiger partial charge in [-0.1, -0.05) is 51.7 Å². The average Bonchev–Trinajstić information content (AvgIpc) is 2.59. The summed E-state index contributed by atoms with van der Waals surface area (Å²) in [5, 5.41) is 16.1. The Balaban J connectivity index is 2.82. The Morgan fingerprint density at radius 3 is 2.00 bits per heavy atom. The molecule has 0 aliphatic heterocycles. The Bertz CT molecular complexity index is 525. The molecule has 0 aliphatic rings. The number of carbonyl (C=O) groups is 1. The van der Waals surface area contributed by atoms with Crippen molar-refractivity contribution in [3.05, 3.63) is 35.4 Å². The summed E-state index contributed by atoms with van der Waals surface area (Å²) >= 11 is 0. The summed E-state index contributed by atoms with van der Waals surface area (Å²) < 4.78 is 0. The van der Waals surface area contributed by atoms with Crippen LogP contribution in [-0.2, 0) is 4.79 Å². The summed E-state index contributed by atoms with van der Waals surface area (Å²) in [6.07, 6.45) is 9.71. The monoisotopic (exact) mass is 330 g/mol. The van der Waals surface area contributed by atoms with Gasteiger partial charge in [-0.2, -0.15) is 0 Å². The highest BCUT2D eigenvalue weighted by Crippen LogP contribution is 2.19. The first kappa shape index (κ1) is 19.9. The van der Waals surface area contributed by atoms with Crippen LogP contribution in [0.5, 0.6) is 0 Å². The first-order valence-electron chi connectivity index (χ1n) is 8.92. The minimum Gasteiger partial charge on any atom is -0.478 e. The lowest BCUT2D eigenvalue weighted by Crippen LogP contribution is -2.25. The quantitative estimate of drug-likeness (QED) is 0.322. The van der Waals surface area contributed by atoms with Gasteiger partial charge >= 0.3 is 5.97 Å².